The number of rotatable bonds is 5. The summed E-state index contributed by atoms with van der Waals surface area (Å²) in [6.07, 6.45) is 0. The number of carbonyl (C=O) groups is 1. The third-order valence-corrected chi connectivity index (χ3v) is 3.98. The molecule has 0 aliphatic heterocycles. The first-order valence-electron chi connectivity index (χ1n) is 5.25. The van der Waals surface area contributed by atoms with Crippen LogP contribution in [0.3, 0.4) is 0 Å². The van der Waals surface area contributed by atoms with E-state index in [0.29, 0.717) is 15.2 Å². The van der Waals surface area contributed by atoms with Gasteiger partial charge in [0.25, 0.3) is 0 Å². The highest BCUT2D eigenvalue weighted by molar-refractivity contribution is 8.01. The molecule has 0 unspecified atom stereocenters. The summed E-state index contributed by atoms with van der Waals surface area (Å²) in [6, 6.07) is 4.58. The number of benzene rings is 1. The second-order valence-corrected chi connectivity index (χ2v) is 5.90. The smallest absolute Gasteiger partial charge is 0.313 e. The number of nitrogens with one attached hydrogen (secondary N) is 1. The molecule has 0 aliphatic carbocycles. The molecule has 1 aromatic carbocycles. The highest BCUT2D eigenvalue weighted by atomic mass is 32.2. The Bertz CT molecular complexity index is 583. The van der Waals surface area contributed by atoms with E-state index >= 15 is 0 Å². The number of thioether (sulfide) groups is 1. The number of nitrogens with zero attached hydrogens (tertiary/aromatic N) is 2. The van der Waals surface area contributed by atoms with Gasteiger partial charge in [-0.1, -0.05) is 23.1 Å². The Balaban J connectivity index is 2.05. The van der Waals surface area contributed by atoms with Gasteiger partial charge in [0.1, 0.15) is 5.82 Å². The van der Waals surface area contributed by atoms with Gasteiger partial charge in [-0.15, -0.1) is 10.2 Å². The molecule has 0 saturated heterocycles. The zero-order valence-corrected chi connectivity index (χ0v) is 11.5. The van der Waals surface area contributed by atoms with Crippen molar-refractivity contribution in [3.05, 3.63) is 29.6 Å². The average molecular weight is 299 g/mol. The number of aliphatic carboxylic acids is 1. The lowest BCUT2D eigenvalue weighted by molar-refractivity contribution is -0.133. The number of halogens is 1. The van der Waals surface area contributed by atoms with Crippen LogP contribution in [0.2, 0.25) is 0 Å². The van der Waals surface area contributed by atoms with Crippen LogP contribution in [0.25, 0.3) is 0 Å². The van der Waals surface area contributed by atoms with Crippen molar-refractivity contribution in [3.63, 3.8) is 0 Å². The molecule has 0 atom stereocenters. The molecule has 19 heavy (non-hydrogen) atoms. The molecule has 0 bridgehead atoms. The zero-order chi connectivity index (χ0) is 13.8. The number of carboxylic acid groups (broad SMARTS) is 1. The Labute approximate surface area is 116 Å². The summed E-state index contributed by atoms with van der Waals surface area (Å²) in [6.45, 7) is 1.79. The molecule has 0 aliphatic rings. The molecule has 100 valence electrons. The van der Waals surface area contributed by atoms with Crippen molar-refractivity contribution in [3.8, 4) is 0 Å². The van der Waals surface area contributed by atoms with Crippen molar-refractivity contribution in [1.29, 1.82) is 0 Å². The average Bonchev–Trinajstić information content (AvgIpc) is 2.72. The van der Waals surface area contributed by atoms with Crippen LogP contribution >= 0.6 is 23.1 Å². The molecule has 2 rings (SSSR count). The molecular formula is C11H10FN3O2S2. The van der Waals surface area contributed by atoms with Gasteiger partial charge < -0.3 is 10.4 Å². The largest absolute Gasteiger partial charge is 0.481 e. The van der Waals surface area contributed by atoms with Gasteiger partial charge in [0.15, 0.2) is 4.34 Å². The van der Waals surface area contributed by atoms with Gasteiger partial charge in [0.2, 0.25) is 5.13 Å². The Morgan fingerprint density at radius 3 is 2.95 bits per heavy atom. The molecule has 8 heteroatoms. The van der Waals surface area contributed by atoms with Crippen LogP contribution < -0.4 is 5.32 Å². The quantitative estimate of drug-likeness (QED) is 0.827. The summed E-state index contributed by atoms with van der Waals surface area (Å²) >= 11 is 2.32. The first-order chi connectivity index (χ1) is 9.02. The summed E-state index contributed by atoms with van der Waals surface area (Å²) < 4.78 is 13.8. The number of hydrogen-bond donors (Lipinski definition) is 2. The van der Waals surface area contributed by atoms with Gasteiger partial charge in [-0.05, 0) is 30.7 Å². The van der Waals surface area contributed by atoms with Gasteiger partial charge in [-0.25, -0.2) is 4.39 Å². The molecule has 0 radical (unpaired) electrons. The Morgan fingerprint density at radius 1 is 1.47 bits per heavy atom. The van der Waals surface area contributed by atoms with Gasteiger partial charge in [-0.3, -0.25) is 4.79 Å². The number of hydrogen-bond acceptors (Lipinski definition) is 6. The third kappa shape index (κ3) is 4.18. The minimum atomic E-state index is -0.907. The lowest BCUT2D eigenvalue weighted by Gasteiger charge is -2.03. The maximum atomic E-state index is 13.2. The standard InChI is InChI=1S/C11H10FN3O2S2/c1-6-2-7(12)4-8(3-6)13-10-14-15-11(19-10)18-5-9(16)17/h2-4H,5H2,1H3,(H,13,14)(H,16,17). The van der Waals surface area contributed by atoms with Crippen LogP contribution in [0.1, 0.15) is 5.56 Å². The number of aromatic nitrogens is 2. The molecule has 1 heterocycles. The predicted octanol–water partition coefficient (Wildman–Crippen LogP) is 2.91. The first-order valence-corrected chi connectivity index (χ1v) is 7.05. The summed E-state index contributed by atoms with van der Waals surface area (Å²) in [5.41, 5.74) is 1.39. The second-order valence-electron chi connectivity index (χ2n) is 3.70. The summed E-state index contributed by atoms with van der Waals surface area (Å²) in [4.78, 5) is 10.4. The van der Waals surface area contributed by atoms with Crippen molar-refractivity contribution in [2.75, 3.05) is 11.1 Å². The van der Waals surface area contributed by atoms with Crippen LogP contribution in [0.4, 0.5) is 15.2 Å². The van der Waals surface area contributed by atoms with E-state index in [-0.39, 0.29) is 11.6 Å². The van der Waals surface area contributed by atoms with E-state index in [1.165, 1.54) is 23.5 Å². The first kappa shape index (κ1) is 13.8. The topological polar surface area (TPSA) is 75.1 Å². The van der Waals surface area contributed by atoms with E-state index in [4.69, 9.17) is 5.11 Å². The van der Waals surface area contributed by atoms with E-state index in [9.17, 15) is 9.18 Å². The maximum absolute atomic E-state index is 13.2. The minimum absolute atomic E-state index is 0.0618. The third-order valence-electron chi connectivity index (χ3n) is 2.02. The maximum Gasteiger partial charge on any atom is 0.313 e. The highest BCUT2D eigenvalue weighted by Gasteiger charge is 2.08. The summed E-state index contributed by atoms with van der Waals surface area (Å²) in [7, 11) is 0. The molecule has 2 N–H and O–H groups in total. The monoisotopic (exact) mass is 299 g/mol. The van der Waals surface area contributed by atoms with Crippen LogP contribution in [0, 0.1) is 12.7 Å². The predicted molar refractivity (Wildman–Crippen MR) is 72.7 cm³/mol. The van der Waals surface area contributed by atoms with E-state index in [1.807, 2.05) is 0 Å². The van der Waals surface area contributed by atoms with Crippen LogP contribution in [0.15, 0.2) is 22.5 Å². The van der Waals surface area contributed by atoms with Crippen LogP contribution in [-0.2, 0) is 4.79 Å². The second kappa shape index (κ2) is 5.98. The molecule has 0 saturated carbocycles. The summed E-state index contributed by atoms with van der Waals surface area (Å²) in [5.74, 6) is -1.30. The van der Waals surface area contributed by atoms with Gasteiger partial charge in [0, 0.05) is 5.69 Å². The van der Waals surface area contributed by atoms with E-state index in [1.54, 1.807) is 13.0 Å². The fraction of sp³-hybridized carbons (Fsp3) is 0.182. The molecule has 2 aromatic rings. The normalized spacial score (nSPS) is 10.4. The van der Waals surface area contributed by atoms with Crippen molar-refractivity contribution in [2.45, 2.75) is 11.3 Å². The Morgan fingerprint density at radius 2 is 2.26 bits per heavy atom. The molecule has 5 nitrogen and oxygen atoms in total. The van der Waals surface area contributed by atoms with Crippen molar-refractivity contribution in [2.24, 2.45) is 0 Å². The van der Waals surface area contributed by atoms with Crippen molar-refractivity contribution in [1.82, 2.24) is 10.2 Å². The fourth-order valence-corrected chi connectivity index (χ4v) is 2.87. The van der Waals surface area contributed by atoms with E-state index < -0.39 is 5.97 Å². The molecule has 0 fully saturated rings. The number of aryl methyl sites for hydroxylation is 1. The van der Waals surface area contributed by atoms with E-state index in [0.717, 1.165) is 17.3 Å². The molecular weight excluding hydrogens is 289 g/mol. The van der Waals surface area contributed by atoms with Crippen molar-refractivity contribution < 1.29 is 14.3 Å². The Hall–Kier alpha value is -1.67. The zero-order valence-electron chi connectivity index (χ0n) is 9.88. The lowest BCUT2D eigenvalue weighted by atomic mass is 10.2. The summed E-state index contributed by atoms with van der Waals surface area (Å²) in [5, 5.41) is 19.7. The van der Waals surface area contributed by atoms with Gasteiger partial charge in [-0.2, -0.15) is 0 Å². The van der Waals surface area contributed by atoms with Gasteiger partial charge >= 0.3 is 5.97 Å². The fourth-order valence-electron chi connectivity index (χ4n) is 1.37. The number of carboxylic acids is 1. The van der Waals surface area contributed by atoms with Crippen LogP contribution in [-0.4, -0.2) is 27.0 Å². The van der Waals surface area contributed by atoms with E-state index in [2.05, 4.69) is 15.5 Å². The lowest BCUT2D eigenvalue weighted by Crippen LogP contribution is -1.96. The molecule has 0 amide bonds. The van der Waals surface area contributed by atoms with Crippen molar-refractivity contribution >= 4 is 39.9 Å². The molecule has 0 spiro atoms. The SMILES string of the molecule is Cc1cc(F)cc(Nc2nnc(SCC(=O)O)s2)c1. The highest BCUT2D eigenvalue weighted by Crippen LogP contribution is 2.28. The Kier molecular flexibility index (Phi) is 4.33. The molecule has 1 aromatic heterocycles. The number of anilines is 2. The minimum Gasteiger partial charge on any atom is -0.481 e. The van der Waals surface area contributed by atoms with Gasteiger partial charge in [0.05, 0.1) is 5.75 Å². The van der Waals surface area contributed by atoms with Crippen LogP contribution in [0.5, 0.6) is 0 Å².